The number of likely N-dealkylation sites (N-methyl/N-ethyl adjacent to an activating group) is 1. The number of nitrogens with zero attached hydrogens (tertiary/aromatic N) is 2. The van der Waals surface area contributed by atoms with Gasteiger partial charge in [-0.2, -0.15) is 0 Å². The van der Waals surface area contributed by atoms with E-state index in [2.05, 4.69) is 23.8 Å². The Morgan fingerprint density at radius 3 is 2.64 bits per heavy atom. The topological polar surface area (TPSA) is 32.8 Å². The molecule has 4 nitrogen and oxygen atoms in total. The third-order valence-corrected chi connectivity index (χ3v) is 3.08. The van der Waals surface area contributed by atoms with Gasteiger partial charge in [-0.3, -0.25) is 9.69 Å². The lowest BCUT2D eigenvalue weighted by Crippen LogP contribution is -2.54. The van der Waals surface area contributed by atoms with E-state index in [-0.39, 0.29) is 12.0 Å². The number of ether oxygens (including phenoxy) is 1. The van der Waals surface area contributed by atoms with Gasteiger partial charge in [0, 0.05) is 25.7 Å². The Bertz CT molecular complexity index is 208. The number of rotatable bonds is 2. The van der Waals surface area contributed by atoms with Gasteiger partial charge in [0.05, 0.1) is 7.11 Å². The molecule has 0 aliphatic carbocycles. The molecule has 1 saturated heterocycles. The van der Waals surface area contributed by atoms with Gasteiger partial charge in [0.15, 0.2) is 0 Å². The summed E-state index contributed by atoms with van der Waals surface area (Å²) >= 11 is 0. The Hall–Kier alpha value is -0.610. The van der Waals surface area contributed by atoms with Gasteiger partial charge in [0.25, 0.3) is 0 Å². The number of hydrogen-bond donors (Lipinski definition) is 0. The van der Waals surface area contributed by atoms with Crippen LogP contribution in [0.4, 0.5) is 0 Å². The van der Waals surface area contributed by atoms with Crippen molar-refractivity contribution in [2.24, 2.45) is 0 Å². The maximum atomic E-state index is 11.3. The van der Waals surface area contributed by atoms with E-state index in [0.29, 0.717) is 6.04 Å². The standard InChI is InChI=1S/C10H20N2O2/c1-8-7-12(6-5-11(8)3)9(2)10(13)14-4/h8-9H,5-7H2,1-4H3/t8-,9?/m0/s1. The van der Waals surface area contributed by atoms with Gasteiger partial charge in [-0.05, 0) is 20.9 Å². The highest BCUT2D eigenvalue weighted by Gasteiger charge is 2.28. The molecule has 0 saturated carbocycles. The Morgan fingerprint density at radius 1 is 1.50 bits per heavy atom. The zero-order valence-electron chi connectivity index (χ0n) is 9.49. The number of carbonyl (C=O) groups is 1. The quantitative estimate of drug-likeness (QED) is 0.595. The Labute approximate surface area is 85.8 Å². The van der Waals surface area contributed by atoms with Gasteiger partial charge < -0.3 is 9.64 Å². The predicted molar refractivity (Wildman–Crippen MR) is 55.1 cm³/mol. The maximum Gasteiger partial charge on any atom is 0.322 e. The van der Waals surface area contributed by atoms with Gasteiger partial charge >= 0.3 is 5.97 Å². The third kappa shape index (κ3) is 2.45. The van der Waals surface area contributed by atoms with Crippen molar-refractivity contribution in [1.82, 2.24) is 9.80 Å². The number of carbonyl (C=O) groups excluding carboxylic acids is 1. The van der Waals surface area contributed by atoms with Crippen molar-refractivity contribution in [3.8, 4) is 0 Å². The van der Waals surface area contributed by atoms with Crippen LogP contribution in [0.3, 0.4) is 0 Å². The molecule has 0 spiro atoms. The summed E-state index contributed by atoms with van der Waals surface area (Å²) in [6.45, 7) is 6.98. The molecule has 1 heterocycles. The normalized spacial score (nSPS) is 27.3. The first-order chi connectivity index (χ1) is 6.56. The van der Waals surface area contributed by atoms with Gasteiger partial charge in [-0.25, -0.2) is 0 Å². The Kier molecular flexibility index (Phi) is 3.89. The van der Waals surface area contributed by atoms with Crippen LogP contribution < -0.4 is 0 Å². The highest BCUT2D eigenvalue weighted by atomic mass is 16.5. The summed E-state index contributed by atoms with van der Waals surface area (Å²) in [6, 6.07) is 0.395. The SMILES string of the molecule is COC(=O)C(C)N1CCN(C)[C@@H](C)C1. The summed E-state index contributed by atoms with van der Waals surface area (Å²) in [6.07, 6.45) is 0. The van der Waals surface area contributed by atoms with Gasteiger partial charge in [0.2, 0.25) is 0 Å². The summed E-state index contributed by atoms with van der Waals surface area (Å²) in [5.41, 5.74) is 0. The Morgan fingerprint density at radius 2 is 2.14 bits per heavy atom. The van der Waals surface area contributed by atoms with Crippen LogP contribution in [0.1, 0.15) is 13.8 Å². The first kappa shape index (κ1) is 11.5. The second-order valence-electron chi connectivity index (χ2n) is 4.02. The molecule has 0 bridgehead atoms. The lowest BCUT2D eigenvalue weighted by molar-refractivity contribution is -0.147. The summed E-state index contributed by atoms with van der Waals surface area (Å²) in [4.78, 5) is 15.8. The summed E-state index contributed by atoms with van der Waals surface area (Å²) < 4.78 is 4.73. The molecule has 1 unspecified atom stereocenters. The van der Waals surface area contributed by atoms with Gasteiger partial charge in [0.1, 0.15) is 6.04 Å². The number of piperazine rings is 1. The molecule has 1 rings (SSSR count). The van der Waals surface area contributed by atoms with Crippen molar-refractivity contribution in [3.05, 3.63) is 0 Å². The highest BCUT2D eigenvalue weighted by molar-refractivity contribution is 5.75. The van der Waals surface area contributed by atoms with Crippen molar-refractivity contribution in [2.75, 3.05) is 33.8 Å². The second-order valence-corrected chi connectivity index (χ2v) is 4.02. The predicted octanol–water partition coefficient (Wildman–Crippen LogP) is 0.184. The summed E-state index contributed by atoms with van der Waals surface area (Å²) in [7, 11) is 3.56. The van der Waals surface area contributed by atoms with Gasteiger partial charge in [-0.15, -0.1) is 0 Å². The van der Waals surface area contributed by atoms with Crippen LogP contribution >= 0.6 is 0 Å². The zero-order chi connectivity index (χ0) is 10.7. The van der Waals surface area contributed by atoms with Crippen molar-refractivity contribution in [3.63, 3.8) is 0 Å². The second kappa shape index (κ2) is 4.75. The first-order valence-corrected chi connectivity index (χ1v) is 5.08. The number of hydrogen-bond acceptors (Lipinski definition) is 4. The van der Waals surface area contributed by atoms with E-state index in [1.54, 1.807) is 0 Å². The smallest absolute Gasteiger partial charge is 0.322 e. The molecule has 0 amide bonds. The average molecular weight is 200 g/mol. The monoisotopic (exact) mass is 200 g/mol. The fourth-order valence-electron chi connectivity index (χ4n) is 1.75. The molecular weight excluding hydrogens is 180 g/mol. The van der Waals surface area contributed by atoms with E-state index in [0.717, 1.165) is 19.6 Å². The van der Waals surface area contributed by atoms with Gasteiger partial charge in [-0.1, -0.05) is 0 Å². The molecule has 0 aromatic heterocycles. The number of esters is 1. The molecule has 0 N–H and O–H groups in total. The fourth-order valence-corrected chi connectivity index (χ4v) is 1.75. The van der Waals surface area contributed by atoms with Crippen molar-refractivity contribution >= 4 is 5.97 Å². The minimum absolute atomic E-state index is 0.115. The van der Waals surface area contributed by atoms with Crippen LogP contribution in [-0.4, -0.2) is 61.6 Å². The molecule has 0 aromatic carbocycles. The van der Waals surface area contributed by atoms with Crippen LogP contribution in [0.15, 0.2) is 0 Å². The average Bonchev–Trinajstić information content (AvgIpc) is 2.20. The molecule has 0 aromatic rings. The minimum Gasteiger partial charge on any atom is -0.468 e. The van der Waals surface area contributed by atoms with Crippen LogP contribution in [-0.2, 0) is 9.53 Å². The molecular formula is C10H20N2O2. The van der Waals surface area contributed by atoms with Crippen LogP contribution in [0.2, 0.25) is 0 Å². The summed E-state index contributed by atoms with van der Waals surface area (Å²) in [5, 5.41) is 0. The van der Waals surface area contributed by atoms with Crippen molar-refractivity contribution in [2.45, 2.75) is 25.9 Å². The fraction of sp³-hybridized carbons (Fsp3) is 0.900. The van der Waals surface area contributed by atoms with E-state index in [1.807, 2.05) is 6.92 Å². The van der Waals surface area contributed by atoms with E-state index in [4.69, 9.17) is 4.74 Å². The molecule has 2 atom stereocenters. The molecule has 1 aliphatic heterocycles. The number of methoxy groups -OCH3 is 1. The minimum atomic E-state index is -0.137. The van der Waals surface area contributed by atoms with Crippen LogP contribution in [0.5, 0.6) is 0 Å². The molecule has 1 aliphatic rings. The van der Waals surface area contributed by atoms with Crippen molar-refractivity contribution in [1.29, 1.82) is 0 Å². The lowest BCUT2D eigenvalue weighted by atomic mass is 10.1. The molecule has 14 heavy (non-hydrogen) atoms. The highest BCUT2D eigenvalue weighted by Crippen LogP contribution is 2.10. The van der Waals surface area contributed by atoms with E-state index in [1.165, 1.54) is 7.11 Å². The third-order valence-electron chi connectivity index (χ3n) is 3.08. The zero-order valence-corrected chi connectivity index (χ0v) is 9.49. The molecule has 82 valence electrons. The van der Waals surface area contributed by atoms with E-state index >= 15 is 0 Å². The molecule has 0 radical (unpaired) electrons. The maximum absolute atomic E-state index is 11.3. The van der Waals surface area contributed by atoms with Crippen LogP contribution in [0.25, 0.3) is 0 Å². The van der Waals surface area contributed by atoms with Crippen molar-refractivity contribution < 1.29 is 9.53 Å². The summed E-state index contributed by atoms with van der Waals surface area (Å²) in [5.74, 6) is -0.137. The Balaban J connectivity index is 2.50. The van der Waals surface area contributed by atoms with E-state index < -0.39 is 0 Å². The largest absolute Gasteiger partial charge is 0.468 e. The molecule has 1 fully saturated rings. The van der Waals surface area contributed by atoms with E-state index in [9.17, 15) is 4.79 Å². The van der Waals surface area contributed by atoms with Crippen LogP contribution in [0, 0.1) is 0 Å². The lowest BCUT2D eigenvalue weighted by Gasteiger charge is -2.39. The molecule has 4 heteroatoms. The first-order valence-electron chi connectivity index (χ1n) is 5.08.